The molecule has 1 radical (unpaired) electrons. The van der Waals surface area contributed by atoms with Gasteiger partial charge in [-0.3, -0.25) is 19.2 Å². The van der Waals surface area contributed by atoms with Gasteiger partial charge >= 0.3 is 0 Å². The number of benzene rings is 1. The molecule has 0 bridgehead atoms. The van der Waals surface area contributed by atoms with E-state index in [0.29, 0.717) is 51.4 Å². The van der Waals surface area contributed by atoms with Gasteiger partial charge in [0.25, 0.3) is 11.8 Å². The average Bonchev–Trinajstić information content (AvgIpc) is 3.19. The summed E-state index contributed by atoms with van der Waals surface area (Å²) in [4.78, 5) is 75.3. The number of anilines is 6. The molecule has 1 aromatic carbocycles. The predicted molar refractivity (Wildman–Crippen MR) is 199 cm³/mol. The SMILES string of the molecule is O=C1CSc2ccc(-c3nc(N4C(=O)CSc5ccc(C6Oc7cc(Cl)[c]nc7N(c7ccc8c(n7)NC(=O)CO8)C6=O)nc54)cc4c3OCCO4)cc2N1. The van der Waals surface area contributed by atoms with Crippen molar-refractivity contribution < 1.29 is 38.1 Å². The largest absolute Gasteiger partial charge is 0.486 e. The molecule has 55 heavy (non-hydrogen) atoms. The van der Waals surface area contributed by atoms with Gasteiger partial charge in [-0.2, -0.15) is 0 Å². The molecule has 1 atom stereocenters. The van der Waals surface area contributed by atoms with Gasteiger partial charge in [0, 0.05) is 22.6 Å². The van der Waals surface area contributed by atoms with Crippen LogP contribution in [0.15, 0.2) is 64.4 Å². The molecule has 5 aliphatic heterocycles. The van der Waals surface area contributed by atoms with Crippen LogP contribution in [0, 0.1) is 6.20 Å². The van der Waals surface area contributed by atoms with E-state index < -0.39 is 17.9 Å². The van der Waals surface area contributed by atoms with E-state index in [1.807, 2.05) is 18.2 Å². The van der Waals surface area contributed by atoms with Gasteiger partial charge in [0.2, 0.25) is 17.9 Å². The van der Waals surface area contributed by atoms with Crippen LogP contribution in [-0.2, 0) is 19.2 Å². The van der Waals surface area contributed by atoms with Crippen LogP contribution in [0.5, 0.6) is 23.0 Å². The molecule has 4 aromatic heterocycles. The standard InChI is InChI=1S/C36H22ClN8O8S2/c37-17-10-22-34(38-12-17)45(25-6-3-20-33(42-25)43-27(46)13-52-20)36(49)31(53-22)18-2-5-24-35(40-18)44(29(48)15-55-24)26-11-21-32(51-8-7-50-21)30(41-26)16-1-4-23-19(9-16)39-28(47)14-54-23/h1-6,9-11,31H,7-8,13-15H2,(H,39,47)(H,42,43,46). The summed E-state index contributed by atoms with van der Waals surface area (Å²) >= 11 is 9.00. The average molecular weight is 794 g/mol. The zero-order valence-electron chi connectivity index (χ0n) is 28.0. The van der Waals surface area contributed by atoms with Crippen molar-refractivity contribution in [1.29, 1.82) is 0 Å². The number of amides is 4. The van der Waals surface area contributed by atoms with Crippen LogP contribution in [0.1, 0.15) is 11.8 Å². The highest BCUT2D eigenvalue weighted by Gasteiger charge is 2.41. The molecule has 16 nitrogen and oxygen atoms in total. The summed E-state index contributed by atoms with van der Waals surface area (Å²) in [5, 5.41) is 5.70. The lowest BCUT2D eigenvalue weighted by Gasteiger charge is -2.34. The molecule has 9 heterocycles. The van der Waals surface area contributed by atoms with E-state index in [4.69, 9.17) is 40.5 Å². The smallest absolute Gasteiger partial charge is 0.281 e. The second-order valence-corrected chi connectivity index (χ2v) is 14.8. The second kappa shape index (κ2) is 13.0. The van der Waals surface area contributed by atoms with Crippen molar-refractivity contribution >= 4 is 93.5 Å². The Balaban J connectivity index is 1.06. The molecule has 0 aliphatic carbocycles. The van der Waals surface area contributed by atoms with E-state index in [1.54, 1.807) is 30.3 Å². The number of carbonyl (C=O) groups is 4. The maximum absolute atomic E-state index is 14.4. The van der Waals surface area contributed by atoms with Gasteiger partial charge in [-0.25, -0.2) is 29.7 Å². The van der Waals surface area contributed by atoms with E-state index >= 15 is 0 Å². The van der Waals surface area contributed by atoms with Crippen LogP contribution < -0.4 is 39.4 Å². The summed E-state index contributed by atoms with van der Waals surface area (Å²) in [6.07, 6.45) is 1.29. The highest BCUT2D eigenvalue weighted by Crippen LogP contribution is 2.48. The number of aromatic nitrogens is 4. The summed E-state index contributed by atoms with van der Waals surface area (Å²) in [7, 11) is 0. The first-order valence-electron chi connectivity index (χ1n) is 16.6. The number of hydrogen-bond donors (Lipinski definition) is 2. The number of pyridine rings is 4. The number of fused-ring (bicyclic) bond motifs is 5. The number of halogens is 1. The molecule has 5 aliphatic rings. The van der Waals surface area contributed by atoms with E-state index in [2.05, 4.69) is 26.8 Å². The van der Waals surface area contributed by atoms with Crippen LogP contribution in [0.4, 0.5) is 34.8 Å². The fraction of sp³-hybridized carbons (Fsp3) is 0.167. The fourth-order valence-electron chi connectivity index (χ4n) is 6.51. The van der Waals surface area contributed by atoms with Gasteiger partial charge < -0.3 is 29.6 Å². The van der Waals surface area contributed by atoms with Crippen LogP contribution >= 0.6 is 35.1 Å². The third-order valence-electron chi connectivity index (χ3n) is 8.91. The van der Waals surface area contributed by atoms with Gasteiger partial charge in [0.1, 0.15) is 36.7 Å². The third kappa shape index (κ3) is 5.80. The quantitative estimate of drug-likeness (QED) is 0.245. The van der Waals surface area contributed by atoms with Gasteiger partial charge in [-0.05, 0) is 36.4 Å². The summed E-state index contributed by atoms with van der Waals surface area (Å²) in [5.74, 6) is 0.987. The van der Waals surface area contributed by atoms with Crippen LogP contribution in [0.3, 0.4) is 0 Å². The lowest BCUT2D eigenvalue weighted by Crippen LogP contribution is -2.40. The van der Waals surface area contributed by atoms with E-state index in [-0.39, 0.29) is 76.3 Å². The van der Waals surface area contributed by atoms with Crippen molar-refractivity contribution in [1.82, 2.24) is 19.9 Å². The van der Waals surface area contributed by atoms with Gasteiger partial charge in [0.05, 0.1) is 32.8 Å². The zero-order chi connectivity index (χ0) is 37.4. The Hall–Kier alpha value is -6.11. The first kappa shape index (κ1) is 33.5. The number of hydrogen-bond acceptors (Lipinski definition) is 14. The van der Waals surface area contributed by atoms with E-state index in [1.165, 1.54) is 39.4 Å². The number of rotatable bonds is 4. The topological polar surface area (TPSA) is 187 Å². The number of carbonyl (C=O) groups excluding carboxylic acids is 4. The summed E-state index contributed by atoms with van der Waals surface area (Å²) in [5.41, 5.74) is 1.85. The Morgan fingerprint density at radius 3 is 2.53 bits per heavy atom. The molecule has 0 fully saturated rings. The van der Waals surface area contributed by atoms with E-state index in [0.717, 1.165) is 4.90 Å². The number of ether oxygens (including phenoxy) is 4. The van der Waals surface area contributed by atoms with Crippen molar-refractivity contribution in [3.8, 4) is 34.3 Å². The molecule has 19 heteroatoms. The monoisotopic (exact) mass is 793 g/mol. The van der Waals surface area contributed by atoms with Crippen molar-refractivity contribution in [2.45, 2.75) is 15.9 Å². The van der Waals surface area contributed by atoms with Gasteiger partial charge in [-0.1, -0.05) is 17.7 Å². The summed E-state index contributed by atoms with van der Waals surface area (Å²) in [6, 6.07) is 15.2. The minimum Gasteiger partial charge on any atom is -0.486 e. The number of nitrogens with one attached hydrogen (secondary N) is 2. The van der Waals surface area contributed by atoms with Crippen molar-refractivity contribution in [3.63, 3.8) is 0 Å². The zero-order valence-corrected chi connectivity index (χ0v) is 30.3. The predicted octanol–water partition coefficient (Wildman–Crippen LogP) is 5.10. The third-order valence-corrected chi connectivity index (χ3v) is 11.2. The highest BCUT2D eigenvalue weighted by atomic mass is 35.5. The molecule has 0 saturated heterocycles. The molecule has 10 rings (SSSR count). The Morgan fingerprint density at radius 1 is 0.764 bits per heavy atom. The number of nitrogens with zero attached hydrogens (tertiary/aromatic N) is 6. The normalized spacial score (nSPS) is 18.2. The maximum atomic E-state index is 14.4. The van der Waals surface area contributed by atoms with Gasteiger partial charge in [0.15, 0.2) is 47.1 Å². The first-order valence-corrected chi connectivity index (χ1v) is 19.0. The molecule has 0 spiro atoms. The molecule has 2 N–H and O–H groups in total. The van der Waals surface area contributed by atoms with Crippen molar-refractivity contribution in [2.75, 3.05) is 51.8 Å². The number of thioether (sulfide) groups is 2. The minimum absolute atomic E-state index is 0.0693. The Bertz CT molecular complexity index is 2540. The molecule has 0 saturated carbocycles. The van der Waals surface area contributed by atoms with Crippen molar-refractivity contribution in [3.05, 3.63) is 71.5 Å². The summed E-state index contributed by atoms with van der Waals surface area (Å²) < 4.78 is 23.7. The summed E-state index contributed by atoms with van der Waals surface area (Å²) in [6.45, 7) is 0.412. The molecule has 5 aromatic rings. The van der Waals surface area contributed by atoms with E-state index in [9.17, 15) is 19.2 Å². The van der Waals surface area contributed by atoms with Crippen LogP contribution in [-0.4, -0.2) is 74.9 Å². The molecule has 1 unspecified atom stereocenters. The Morgan fingerprint density at radius 2 is 1.62 bits per heavy atom. The Labute approximate surface area is 323 Å². The minimum atomic E-state index is -1.35. The fourth-order valence-corrected chi connectivity index (χ4v) is 8.28. The molecule has 4 amide bonds. The lowest BCUT2D eigenvalue weighted by molar-refractivity contribution is -0.126. The second-order valence-electron chi connectivity index (χ2n) is 12.4. The molecule has 273 valence electrons. The Kier molecular flexibility index (Phi) is 7.93. The molecular weight excluding hydrogens is 772 g/mol. The van der Waals surface area contributed by atoms with Crippen molar-refractivity contribution in [2.24, 2.45) is 0 Å². The maximum Gasteiger partial charge on any atom is 0.281 e. The van der Waals surface area contributed by atoms with Crippen LogP contribution in [0.2, 0.25) is 5.02 Å². The van der Waals surface area contributed by atoms with Gasteiger partial charge in [-0.15, -0.1) is 23.5 Å². The first-order chi connectivity index (χ1) is 26.8. The highest BCUT2D eigenvalue weighted by molar-refractivity contribution is 8.00. The lowest BCUT2D eigenvalue weighted by atomic mass is 10.1. The molecular formula is C36H22ClN8O8S2. The van der Waals surface area contributed by atoms with Crippen LogP contribution in [0.25, 0.3) is 11.3 Å².